The second-order valence-corrected chi connectivity index (χ2v) is 8.92. The van der Waals surface area contributed by atoms with Gasteiger partial charge in [-0.25, -0.2) is 0 Å². The van der Waals surface area contributed by atoms with Crippen LogP contribution in [0.4, 0.5) is 0 Å². The van der Waals surface area contributed by atoms with Crippen LogP contribution in [0.5, 0.6) is 0 Å². The van der Waals surface area contributed by atoms with Crippen LogP contribution in [-0.4, -0.2) is 0 Å². The van der Waals surface area contributed by atoms with Crippen molar-refractivity contribution in [3.8, 4) is 0 Å². The van der Waals surface area contributed by atoms with Crippen LogP contribution in [0.2, 0.25) is 0 Å². The van der Waals surface area contributed by atoms with Crippen molar-refractivity contribution in [3.63, 3.8) is 0 Å². The summed E-state index contributed by atoms with van der Waals surface area (Å²) in [6, 6.07) is 35.3. The van der Waals surface area contributed by atoms with Gasteiger partial charge in [-0.2, -0.15) is 17.5 Å². The van der Waals surface area contributed by atoms with E-state index in [0.29, 0.717) is 0 Å². The predicted octanol–water partition coefficient (Wildman–Crippen LogP) is 7.22. The van der Waals surface area contributed by atoms with Crippen molar-refractivity contribution in [2.24, 2.45) is 0 Å². The van der Waals surface area contributed by atoms with Gasteiger partial charge in [0.15, 0.2) is 0 Å². The Labute approximate surface area is 168 Å². The zero-order valence-electron chi connectivity index (χ0n) is 13.6. The number of fused-ring (bicyclic) bond motifs is 1. The van der Waals surface area contributed by atoms with E-state index in [1.165, 1.54) is 21.9 Å². The summed E-state index contributed by atoms with van der Waals surface area (Å²) in [6.07, 6.45) is 2.17. The molecule has 3 heteroatoms. The van der Waals surface area contributed by atoms with Crippen LogP contribution in [0, 0.1) is 6.42 Å². The second kappa shape index (κ2) is 12.0. The van der Waals surface area contributed by atoms with E-state index in [1.807, 2.05) is 12.1 Å². The maximum Gasteiger partial charge on any atom is -0.0771 e. The molecule has 0 nitrogen and oxygen atoms in total. The molecular formula is C22H18Cl2Zr. The van der Waals surface area contributed by atoms with Gasteiger partial charge in [-0.3, -0.25) is 0 Å². The molecule has 0 bridgehead atoms. The number of hydrogen-bond acceptors (Lipinski definition) is 0. The first-order valence-electron chi connectivity index (χ1n) is 7.85. The number of hydrogen-bond donors (Lipinski definition) is 0. The maximum absolute atomic E-state index is 4.93. The molecule has 4 aromatic rings. The van der Waals surface area contributed by atoms with Gasteiger partial charge >= 0.3 is 37.9 Å². The van der Waals surface area contributed by atoms with E-state index in [4.69, 9.17) is 17.0 Å². The first-order valence-corrected chi connectivity index (χ1v) is 14.2. The minimum Gasteiger partial charge on any atom is -0.168 e. The van der Waals surface area contributed by atoms with Crippen molar-refractivity contribution in [2.75, 3.05) is 0 Å². The summed E-state index contributed by atoms with van der Waals surface area (Å²) in [5, 5.41) is 2.66. The molecule has 0 unspecified atom stereocenters. The molecule has 124 valence electrons. The fraction of sp³-hybridized carbons (Fsp3) is 0. The molecule has 0 saturated heterocycles. The Balaban J connectivity index is 0.000000163. The van der Waals surface area contributed by atoms with Gasteiger partial charge in [0, 0.05) is 0 Å². The van der Waals surface area contributed by atoms with E-state index in [-0.39, 0.29) is 0 Å². The summed E-state index contributed by atoms with van der Waals surface area (Å²) in [5.74, 6) is 0. The zero-order valence-corrected chi connectivity index (χ0v) is 17.6. The largest absolute Gasteiger partial charge is 0.168 e. The first-order chi connectivity index (χ1) is 12.3. The van der Waals surface area contributed by atoms with Crippen molar-refractivity contribution in [3.05, 3.63) is 121 Å². The molecule has 0 aliphatic carbocycles. The van der Waals surface area contributed by atoms with Crippen molar-refractivity contribution in [2.45, 2.75) is 0 Å². The number of halogens is 2. The van der Waals surface area contributed by atoms with E-state index < -0.39 is 20.8 Å². The molecule has 0 heterocycles. The fourth-order valence-corrected chi connectivity index (χ4v) is 2.36. The van der Waals surface area contributed by atoms with Crippen LogP contribution in [0.15, 0.2) is 103 Å². The molecule has 0 N–H and O–H groups in total. The summed E-state index contributed by atoms with van der Waals surface area (Å²) < 4.78 is 0. The Morgan fingerprint density at radius 1 is 0.640 bits per heavy atom. The van der Waals surface area contributed by atoms with Crippen molar-refractivity contribution < 1.29 is 20.8 Å². The van der Waals surface area contributed by atoms with Crippen molar-refractivity contribution >= 4 is 27.8 Å². The number of rotatable bonds is 2. The van der Waals surface area contributed by atoms with Gasteiger partial charge in [0.1, 0.15) is 0 Å². The molecule has 0 amide bonds. The third kappa shape index (κ3) is 7.57. The molecule has 4 aromatic carbocycles. The van der Waals surface area contributed by atoms with Crippen molar-refractivity contribution in [1.82, 2.24) is 0 Å². The zero-order chi connectivity index (χ0) is 17.7. The van der Waals surface area contributed by atoms with Gasteiger partial charge in [0.2, 0.25) is 0 Å². The van der Waals surface area contributed by atoms with E-state index in [1.54, 1.807) is 0 Å². The average molecular weight is 445 g/mol. The van der Waals surface area contributed by atoms with Gasteiger partial charge in [0.05, 0.1) is 0 Å². The van der Waals surface area contributed by atoms with E-state index in [0.717, 1.165) is 0 Å². The van der Waals surface area contributed by atoms with E-state index in [2.05, 4.69) is 97.4 Å². The van der Waals surface area contributed by atoms with Gasteiger partial charge in [0.25, 0.3) is 0 Å². The summed E-state index contributed by atoms with van der Waals surface area (Å²) >= 11 is -0.826. The molecule has 4 rings (SSSR count). The van der Waals surface area contributed by atoms with Crippen LogP contribution in [-0.2, 0) is 20.8 Å². The normalized spacial score (nSPS) is 9.04. The van der Waals surface area contributed by atoms with Crippen molar-refractivity contribution in [1.29, 1.82) is 0 Å². The van der Waals surface area contributed by atoms with E-state index >= 15 is 0 Å². The summed E-state index contributed by atoms with van der Waals surface area (Å²) in [4.78, 5) is 0. The summed E-state index contributed by atoms with van der Waals surface area (Å²) in [5.41, 5.74) is 2.49. The van der Waals surface area contributed by atoms with Gasteiger partial charge < -0.3 is 0 Å². The molecule has 0 spiro atoms. The van der Waals surface area contributed by atoms with Gasteiger partial charge in [-0.1, -0.05) is 42.5 Å². The summed E-state index contributed by atoms with van der Waals surface area (Å²) in [7, 11) is 9.87. The van der Waals surface area contributed by atoms with Crippen LogP contribution in [0.25, 0.3) is 10.8 Å². The second-order valence-electron chi connectivity index (χ2n) is 5.19. The Bertz CT molecular complexity index is 758. The summed E-state index contributed by atoms with van der Waals surface area (Å²) in [6.45, 7) is 0. The Morgan fingerprint density at radius 2 is 1.12 bits per heavy atom. The van der Waals surface area contributed by atoms with Gasteiger partial charge in [-0.15, -0.1) is 71.5 Å². The predicted molar refractivity (Wildman–Crippen MR) is 107 cm³/mol. The maximum atomic E-state index is 4.93. The molecular weight excluding hydrogens is 426 g/mol. The SMILES string of the molecule is [Cl][Zr+2][Cl].c1ccc([CH-]c2ccccc2)cc1.c1ccc2[cH-]ccc2c1. The fourth-order valence-electron chi connectivity index (χ4n) is 2.36. The minimum absolute atomic E-state index is 0.826. The topological polar surface area (TPSA) is 0 Å². The Morgan fingerprint density at radius 3 is 1.64 bits per heavy atom. The standard InChI is InChI=1S/C13H11.C9H7.2ClH.Zr/c1-3-7-12(8-4-1)11-13-9-5-2-6-10-13;1-2-5-9-7-3-6-8(9)4-1;;;/h1-11H;1-7H;2*1H;/q2*-1;;;+4/p-2. The molecule has 0 atom stereocenters. The van der Waals surface area contributed by atoms with Crippen LogP contribution >= 0.6 is 17.0 Å². The third-order valence-electron chi connectivity index (χ3n) is 3.48. The molecule has 0 radical (unpaired) electrons. The first kappa shape index (κ1) is 19.9. The molecule has 0 aliphatic heterocycles. The average Bonchev–Trinajstić information content (AvgIpc) is 3.13. The molecule has 0 aromatic heterocycles. The molecule has 0 fully saturated rings. The molecule has 25 heavy (non-hydrogen) atoms. The van der Waals surface area contributed by atoms with Crippen LogP contribution in [0.3, 0.4) is 0 Å². The van der Waals surface area contributed by atoms with Crippen LogP contribution < -0.4 is 0 Å². The molecule has 0 saturated carbocycles. The Kier molecular flexibility index (Phi) is 9.59. The monoisotopic (exact) mass is 442 g/mol. The third-order valence-corrected chi connectivity index (χ3v) is 3.48. The minimum atomic E-state index is -0.826. The number of benzene rings is 3. The van der Waals surface area contributed by atoms with E-state index in [9.17, 15) is 0 Å². The van der Waals surface area contributed by atoms with Gasteiger partial charge in [-0.05, 0) is 0 Å². The molecule has 0 aliphatic rings. The smallest absolute Gasteiger partial charge is 0.0771 e. The quantitative estimate of drug-likeness (QED) is 0.286. The Hall–Kier alpha value is -1.40. The van der Waals surface area contributed by atoms with Crippen LogP contribution in [0.1, 0.15) is 11.1 Å².